The second-order valence-electron chi connectivity index (χ2n) is 2.11. The molecule has 0 aromatic carbocycles. The first-order valence-corrected chi connectivity index (χ1v) is 2.74. The molecule has 0 aromatic rings. The largest absolute Gasteiger partial charge is 0.370 e. The number of carbonyl (C=O) groups is 1. The van der Waals surface area contributed by atoms with Crippen molar-refractivity contribution in [1.29, 1.82) is 0 Å². The molecular formula is C5H13N2O+. The highest BCUT2D eigenvalue weighted by Gasteiger charge is 1.99. The monoisotopic (exact) mass is 117 g/mol. The van der Waals surface area contributed by atoms with E-state index in [9.17, 15) is 4.79 Å². The van der Waals surface area contributed by atoms with Crippen LogP contribution in [0, 0.1) is 0 Å². The molecule has 0 saturated carbocycles. The molecule has 0 bridgehead atoms. The standard InChI is InChI=1S/C5H12N2O/c1-4(6)2-3-5(7)8/h4H,2-3,6H2,1H3,(H2,7,8)/p+1/t4-/m1/s1. The van der Waals surface area contributed by atoms with Crippen molar-refractivity contribution in [2.24, 2.45) is 5.73 Å². The number of amides is 1. The Morgan fingerprint density at radius 3 is 2.50 bits per heavy atom. The van der Waals surface area contributed by atoms with E-state index in [4.69, 9.17) is 5.73 Å². The predicted octanol–water partition coefficient (Wildman–Crippen LogP) is -1.12. The highest BCUT2D eigenvalue weighted by Crippen LogP contribution is 1.88. The van der Waals surface area contributed by atoms with Crippen LogP contribution in [0.5, 0.6) is 0 Å². The fraction of sp³-hybridized carbons (Fsp3) is 0.800. The Balaban J connectivity index is 3.05. The number of hydrogen-bond donors (Lipinski definition) is 2. The first-order valence-electron chi connectivity index (χ1n) is 2.74. The van der Waals surface area contributed by atoms with Gasteiger partial charge in [-0.2, -0.15) is 0 Å². The molecule has 3 heteroatoms. The van der Waals surface area contributed by atoms with Gasteiger partial charge < -0.3 is 11.5 Å². The molecule has 1 atom stereocenters. The maximum Gasteiger partial charge on any atom is 0.217 e. The lowest BCUT2D eigenvalue weighted by Crippen LogP contribution is -2.59. The van der Waals surface area contributed by atoms with Gasteiger partial charge in [-0.15, -0.1) is 0 Å². The minimum absolute atomic E-state index is 0.236. The maximum atomic E-state index is 10.1. The third kappa shape index (κ3) is 5.43. The van der Waals surface area contributed by atoms with Gasteiger partial charge in [0.05, 0.1) is 6.04 Å². The second kappa shape index (κ2) is 3.43. The lowest BCUT2D eigenvalue weighted by Gasteiger charge is -1.95. The molecule has 48 valence electrons. The quantitative estimate of drug-likeness (QED) is 0.483. The second-order valence-corrected chi connectivity index (χ2v) is 2.11. The first kappa shape index (κ1) is 7.43. The summed E-state index contributed by atoms with van der Waals surface area (Å²) in [6, 6.07) is 0.336. The van der Waals surface area contributed by atoms with Crippen LogP contribution < -0.4 is 11.5 Å². The van der Waals surface area contributed by atoms with Crippen LogP contribution in [-0.4, -0.2) is 11.9 Å². The lowest BCUT2D eigenvalue weighted by atomic mass is 10.2. The zero-order chi connectivity index (χ0) is 6.57. The van der Waals surface area contributed by atoms with Gasteiger partial charge in [-0.1, -0.05) is 0 Å². The van der Waals surface area contributed by atoms with E-state index in [2.05, 4.69) is 5.73 Å². The summed E-state index contributed by atoms with van der Waals surface area (Å²) in [5.74, 6) is -0.236. The fourth-order valence-corrected chi connectivity index (χ4v) is 0.389. The number of carbonyl (C=O) groups excluding carboxylic acids is 1. The fourth-order valence-electron chi connectivity index (χ4n) is 0.389. The summed E-state index contributed by atoms with van der Waals surface area (Å²) in [4.78, 5) is 10.1. The molecule has 0 spiro atoms. The summed E-state index contributed by atoms with van der Waals surface area (Å²) in [6.45, 7) is 1.96. The minimum atomic E-state index is -0.236. The molecule has 0 saturated heterocycles. The van der Waals surface area contributed by atoms with Gasteiger partial charge in [0.2, 0.25) is 5.91 Å². The van der Waals surface area contributed by atoms with Crippen LogP contribution in [-0.2, 0) is 4.79 Å². The summed E-state index contributed by atoms with van der Waals surface area (Å²) in [7, 11) is 0. The Hall–Kier alpha value is -0.570. The molecule has 5 N–H and O–H groups in total. The van der Waals surface area contributed by atoms with E-state index in [-0.39, 0.29) is 5.91 Å². The molecule has 0 aliphatic rings. The topological polar surface area (TPSA) is 70.7 Å². The molecule has 1 amide bonds. The highest BCUT2D eigenvalue weighted by molar-refractivity contribution is 5.73. The molecular weight excluding hydrogens is 104 g/mol. The number of hydrogen-bond acceptors (Lipinski definition) is 1. The van der Waals surface area contributed by atoms with E-state index in [0.717, 1.165) is 6.42 Å². The molecule has 0 aromatic heterocycles. The van der Waals surface area contributed by atoms with Crippen LogP contribution >= 0.6 is 0 Å². The molecule has 0 rings (SSSR count). The SMILES string of the molecule is C[C@@H]([NH3+])CCC(N)=O. The Morgan fingerprint density at radius 2 is 2.38 bits per heavy atom. The van der Waals surface area contributed by atoms with Crippen molar-refractivity contribution in [3.8, 4) is 0 Å². The molecule has 0 unspecified atom stereocenters. The minimum Gasteiger partial charge on any atom is -0.370 e. The molecule has 0 aliphatic heterocycles. The van der Waals surface area contributed by atoms with E-state index in [1.54, 1.807) is 0 Å². The van der Waals surface area contributed by atoms with Crippen LogP contribution in [0.4, 0.5) is 0 Å². The van der Waals surface area contributed by atoms with Gasteiger partial charge in [-0.25, -0.2) is 0 Å². The lowest BCUT2D eigenvalue weighted by molar-refractivity contribution is -0.415. The van der Waals surface area contributed by atoms with E-state index in [1.165, 1.54) is 0 Å². The van der Waals surface area contributed by atoms with Gasteiger partial charge in [-0.3, -0.25) is 4.79 Å². The van der Waals surface area contributed by atoms with E-state index in [0.29, 0.717) is 12.5 Å². The van der Waals surface area contributed by atoms with E-state index < -0.39 is 0 Å². The summed E-state index contributed by atoms with van der Waals surface area (Å²) in [5, 5.41) is 0. The molecule has 8 heavy (non-hydrogen) atoms. The summed E-state index contributed by atoms with van der Waals surface area (Å²) < 4.78 is 0. The van der Waals surface area contributed by atoms with Gasteiger partial charge in [-0.05, 0) is 6.92 Å². The Morgan fingerprint density at radius 1 is 1.88 bits per heavy atom. The smallest absolute Gasteiger partial charge is 0.217 e. The number of primary amides is 1. The van der Waals surface area contributed by atoms with Crippen LogP contribution in [0.25, 0.3) is 0 Å². The zero-order valence-corrected chi connectivity index (χ0v) is 5.18. The molecule has 0 aliphatic carbocycles. The third-order valence-corrected chi connectivity index (χ3v) is 0.884. The van der Waals surface area contributed by atoms with Crippen molar-refractivity contribution >= 4 is 5.91 Å². The van der Waals surface area contributed by atoms with E-state index >= 15 is 0 Å². The van der Waals surface area contributed by atoms with Gasteiger partial charge in [0, 0.05) is 12.8 Å². The normalized spacial score (nSPS) is 13.2. The summed E-state index contributed by atoms with van der Waals surface area (Å²) in [6.07, 6.45) is 1.26. The summed E-state index contributed by atoms with van der Waals surface area (Å²) in [5.41, 5.74) is 8.58. The molecule has 0 radical (unpaired) electrons. The van der Waals surface area contributed by atoms with Gasteiger partial charge in [0.15, 0.2) is 0 Å². The van der Waals surface area contributed by atoms with Crippen LogP contribution in [0.1, 0.15) is 19.8 Å². The van der Waals surface area contributed by atoms with Gasteiger partial charge in [0.25, 0.3) is 0 Å². The molecule has 0 fully saturated rings. The van der Waals surface area contributed by atoms with Crippen LogP contribution in [0.3, 0.4) is 0 Å². The molecule has 0 heterocycles. The van der Waals surface area contributed by atoms with E-state index in [1.807, 2.05) is 6.92 Å². The first-order chi connectivity index (χ1) is 3.63. The van der Waals surface area contributed by atoms with Crippen molar-refractivity contribution in [2.45, 2.75) is 25.8 Å². The summed E-state index contributed by atoms with van der Waals surface area (Å²) >= 11 is 0. The van der Waals surface area contributed by atoms with Gasteiger partial charge >= 0.3 is 0 Å². The van der Waals surface area contributed by atoms with Crippen molar-refractivity contribution in [2.75, 3.05) is 0 Å². The van der Waals surface area contributed by atoms with Crippen molar-refractivity contribution in [1.82, 2.24) is 0 Å². The molecule has 3 nitrogen and oxygen atoms in total. The van der Waals surface area contributed by atoms with Crippen molar-refractivity contribution in [3.63, 3.8) is 0 Å². The maximum absolute atomic E-state index is 10.1. The predicted molar refractivity (Wildman–Crippen MR) is 30.8 cm³/mol. The Bertz CT molecular complexity index is 80.5. The Labute approximate surface area is 49.0 Å². The van der Waals surface area contributed by atoms with Gasteiger partial charge in [0.1, 0.15) is 0 Å². The zero-order valence-electron chi connectivity index (χ0n) is 5.18. The van der Waals surface area contributed by atoms with Crippen LogP contribution in [0.15, 0.2) is 0 Å². The van der Waals surface area contributed by atoms with Crippen LogP contribution in [0.2, 0.25) is 0 Å². The third-order valence-electron chi connectivity index (χ3n) is 0.884. The number of nitrogens with two attached hydrogens (primary N) is 1. The number of rotatable bonds is 3. The highest BCUT2D eigenvalue weighted by atomic mass is 16.1. The average Bonchev–Trinajstić information content (AvgIpc) is 1.61. The van der Waals surface area contributed by atoms with Crippen molar-refractivity contribution in [3.05, 3.63) is 0 Å². The van der Waals surface area contributed by atoms with Crippen molar-refractivity contribution < 1.29 is 10.5 Å². The average molecular weight is 117 g/mol. The number of quaternary nitrogens is 1. The Kier molecular flexibility index (Phi) is 3.19.